The van der Waals surface area contributed by atoms with E-state index in [1.54, 1.807) is 48.5 Å². The topological polar surface area (TPSA) is 149 Å². The zero-order valence-electron chi connectivity index (χ0n) is 18.5. The van der Waals surface area contributed by atoms with Crippen LogP contribution in [-0.2, 0) is 36.1 Å². The van der Waals surface area contributed by atoms with E-state index in [1.807, 2.05) is 12.1 Å². The highest BCUT2D eigenvalue weighted by molar-refractivity contribution is 7.48. The first-order valence-electron chi connectivity index (χ1n) is 10.8. The Labute approximate surface area is 200 Å². The van der Waals surface area contributed by atoms with E-state index in [1.165, 1.54) is 0 Å². The third kappa shape index (κ3) is 6.41. The van der Waals surface area contributed by atoms with Crippen molar-refractivity contribution in [2.45, 2.75) is 37.8 Å². The standard InChI is InChI=1S/C23H25N2O9P/c26-19-11-12-25(23(29)24-19)22-21(28)20(27)18(34-22)15-33-35(30,31-13-16-7-3-1-4-8-16)32-14-17-9-5-2-6-10-17/h1-12,18,20-22,27-28H,13-15H2,(H,24,26,29). The number of nitrogens with zero attached hydrogens (tertiary/aromatic N) is 1. The third-order valence-electron chi connectivity index (χ3n) is 5.32. The maximum absolute atomic E-state index is 13.4. The van der Waals surface area contributed by atoms with Crippen molar-refractivity contribution >= 4 is 7.82 Å². The predicted molar refractivity (Wildman–Crippen MR) is 123 cm³/mol. The Morgan fingerprint density at radius 3 is 1.97 bits per heavy atom. The highest BCUT2D eigenvalue weighted by Gasteiger charge is 2.45. The maximum Gasteiger partial charge on any atom is 0.475 e. The van der Waals surface area contributed by atoms with E-state index in [9.17, 15) is 24.4 Å². The Morgan fingerprint density at radius 1 is 0.857 bits per heavy atom. The number of benzene rings is 2. The summed E-state index contributed by atoms with van der Waals surface area (Å²) in [5, 5.41) is 20.8. The molecule has 186 valence electrons. The molecule has 1 saturated heterocycles. The quantitative estimate of drug-likeness (QED) is 0.351. The molecule has 0 bridgehead atoms. The van der Waals surface area contributed by atoms with Crippen LogP contribution in [0.5, 0.6) is 0 Å². The summed E-state index contributed by atoms with van der Waals surface area (Å²) in [5.41, 5.74) is 0.0408. The number of ether oxygens (including phenoxy) is 1. The van der Waals surface area contributed by atoms with E-state index < -0.39 is 50.2 Å². The van der Waals surface area contributed by atoms with Crippen LogP contribution in [0.3, 0.4) is 0 Å². The number of aromatic amines is 1. The van der Waals surface area contributed by atoms with E-state index in [0.29, 0.717) is 0 Å². The van der Waals surface area contributed by atoms with E-state index >= 15 is 0 Å². The molecule has 0 aliphatic carbocycles. The van der Waals surface area contributed by atoms with Gasteiger partial charge in [0.05, 0.1) is 19.8 Å². The molecule has 4 unspecified atom stereocenters. The Kier molecular flexibility index (Phi) is 8.09. The first-order valence-corrected chi connectivity index (χ1v) is 12.3. The van der Waals surface area contributed by atoms with E-state index in [0.717, 1.165) is 28.0 Å². The smallest absolute Gasteiger partial charge is 0.387 e. The van der Waals surface area contributed by atoms with Crippen LogP contribution >= 0.6 is 7.82 Å². The van der Waals surface area contributed by atoms with Gasteiger partial charge in [-0.2, -0.15) is 0 Å². The van der Waals surface area contributed by atoms with Gasteiger partial charge in [-0.05, 0) is 11.1 Å². The molecule has 12 heteroatoms. The number of aliphatic hydroxyl groups is 2. The molecule has 3 aromatic rings. The number of nitrogens with one attached hydrogen (secondary N) is 1. The van der Waals surface area contributed by atoms with Crippen LogP contribution in [0.15, 0.2) is 82.5 Å². The normalized spacial score (nSPS) is 22.3. The van der Waals surface area contributed by atoms with Crippen molar-refractivity contribution in [2.75, 3.05) is 6.61 Å². The predicted octanol–water partition coefficient (Wildman–Crippen LogP) is 1.71. The fourth-order valence-corrected chi connectivity index (χ4v) is 4.62. The van der Waals surface area contributed by atoms with Gasteiger partial charge >= 0.3 is 13.5 Å². The van der Waals surface area contributed by atoms with Gasteiger partial charge in [0.1, 0.15) is 18.3 Å². The fourth-order valence-electron chi connectivity index (χ4n) is 3.46. The number of phosphoric acid groups is 1. The molecule has 0 spiro atoms. The Hall–Kier alpha value is -2.89. The Morgan fingerprint density at radius 2 is 1.43 bits per heavy atom. The van der Waals surface area contributed by atoms with Crippen LogP contribution in [0, 0.1) is 0 Å². The molecule has 1 aliphatic rings. The lowest BCUT2D eigenvalue weighted by Crippen LogP contribution is -2.37. The molecule has 35 heavy (non-hydrogen) atoms. The number of hydrogen-bond donors (Lipinski definition) is 3. The van der Waals surface area contributed by atoms with Crippen LogP contribution in [0.1, 0.15) is 17.4 Å². The highest BCUT2D eigenvalue weighted by Crippen LogP contribution is 2.51. The van der Waals surface area contributed by atoms with E-state index in [-0.39, 0.29) is 13.2 Å². The Bertz CT molecular complexity index is 1220. The zero-order valence-corrected chi connectivity index (χ0v) is 19.4. The van der Waals surface area contributed by atoms with Gasteiger partial charge in [0, 0.05) is 12.3 Å². The van der Waals surface area contributed by atoms with Gasteiger partial charge in [0.2, 0.25) is 0 Å². The minimum atomic E-state index is -4.15. The molecule has 0 amide bonds. The Balaban J connectivity index is 1.45. The van der Waals surface area contributed by atoms with Gasteiger partial charge in [-0.15, -0.1) is 0 Å². The molecule has 1 aromatic heterocycles. The zero-order chi connectivity index (χ0) is 24.8. The molecule has 1 fully saturated rings. The number of rotatable bonds is 10. The molecule has 3 N–H and O–H groups in total. The molecule has 0 radical (unpaired) electrons. The fraction of sp³-hybridized carbons (Fsp3) is 0.304. The van der Waals surface area contributed by atoms with Crippen molar-refractivity contribution < 1.29 is 33.1 Å². The van der Waals surface area contributed by atoms with Crippen LogP contribution in [0.25, 0.3) is 0 Å². The average Bonchev–Trinajstić information content (AvgIpc) is 3.15. The summed E-state index contributed by atoms with van der Waals surface area (Å²) >= 11 is 0. The largest absolute Gasteiger partial charge is 0.475 e. The minimum absolute atomic E-state index is 0.0565. The van der Waals surface area contributed by atoms with Crippen molar-refractivity contribution in [3.05, 3.63) is 105 Å². The van der Waals surface area contributed by atoms with Crippen molar-refractivity contribution in [1.82, 2.24) is 9.55 Å². The van der Waals surface area contributed by atoms with Crippen molar-refractivity contribution in [3.63, 3.8) is 0 Å². The molecule has 2 aromatic carbocycles. The third-order valence-corrected chi connectivity index (χ3v) is 6.68. The lowest BCUT2D eigenvalue weighted by molar-refractivity contribution is -0.0568. The number of aliphatic hydroxyl groups excluding tert-OH is 2. The second kappa shape index (κ2) is 11.2. The van der Waals surface area contributed by atoms with Crippen LogP contribution < -0.4 is 11.2 Å². The van der Waals surface area contributed by atoms with Gasteiger partial charge in [0.15, 0.2) is 6.23 Å². The van der Waals surface area contributed by atoms with Crippen LogP contribution in [0.4, 0.5) is 0 Å². The number of phosphoric ester groups is 1. The molecule has 4 rings (SSSR count). The summed E-state index contributed by atoms with van der Waals surface area (Å²) in [7, 11) is -4.15. The molecule has 0 saturated carbocycles. The lowest BCUT2D eigenvalue weighted by Gasteiger charge is -2.21. The van der Waals surface area contributed by atoms with E-state index in [2.05, 4.69) is 4.98 Å². The number of hydrogen-bond acceptors (Lipinski definition) is 9. The summed E-state index contributed by atoms with van der Waals surface area (Å²) in [6.07, 6.45) is -4.31. The van der Waals surface area contributed by atoms with Crippen molar-refractivity contribution in [1.29, 1.82) is 0 Å². The molecule has 4 atom stereocenters. The second-order valence-electron chi connectivity index (χ2n) is 7.82. The van der Waals surface area contributed by atoms with Crippen molar-refractivity contribution in [3.8, 4) is 0 Å². The summed E-state index contributed by atoms with van der Waals surface area (Å²) in [4.78, 5) is 25.4. The first-order chi connectivity index (χ1) is 16.8. The van der Waals surface area contributed by atoms with Gasteiger partial charge in [-0.3, -0.25) is 27.9 Å². The number of aromatic nitrogens is 2. The van der Waals surface area contributed by atoms with Crippen molar-refractivity contribution in [2.24, 2.45) is 0 Å². The SMILES string of the molecule is O=c1ccn(C2OC(COP(=O)(OCc3ccccc3)OCc3ccccc3)C(O)C2O)c(=O)[nH]1. The highest BCUT2D eigenvalue weighted by atomic mass is 31.2. The first kappa shape index (κ1) is 25.2. The molecular weight excluding hydrogens is 479 g/mol. The summed E-state index contributed by atoms with van der Waals surface area (Å²) in [6, 6.07) is 19.1. The van der Waals surface area contributed by atoms with Crippen LogP contribution in [-0.4, -0.2) is 44.7 Å². The monoisotopic (exact) mass is 504 g/mol. The molecular formula is C23H25N2O9P. The summed E-state index contributed by atoms with van der Waals surface area (Å²) < 4.78 is 36.4. The maximum atomic E-state index is 13.4. The lowest BCUT2D eigenvalue weighted by atomic mass is 10.1. The number of H-pyrrole nitrogens is 1. The van der Waals surface area contributed by atoms with Crippen LogP contribution in [0.2, 0.25) is 0 Å². The van der Waals surface area contributed by atoms with Gasteiger partial charge in [-0.25, -0.2) is 9.36 Å². The summed E-state index contributed by atoms with van der Waals surface area (Å²) in [5.74, 6) is 0. The molecule has 1 aliphatic heterocycles. The molecule has 11 nitrogen and oxygen atoms in total. The van der Waals surface area contributed by atoms with Gasteiger partial charge in [0.25, 0.3) is 5.56 Å². The minimum Gasteiger partial charge on any atom is -0.387 e. The van der Waals surface area contributed by atoms with E-state index in [4.69, 9.17) is 18.3 Å². The molecule has 2 heterocycles. The second-order valence-corrected chi connectivity index (χ2v) is 9.49. The van der Waals surface area contributed by atoms with Gasteiger partial charge < -0.3 is 14.9 Å². The summed E-state index contributed by atoms with van der Waals surface area (Å²) in [6.45, 7) is -0.578. The average molecular weight is 504 g/mol. The van der Waals surface area contributed by atoms with Gasteiger partial charge in [-0.1, -0.05) is 60.7 Å².